The molecule has 0 atom stereocenters. The van der Waals surface area contributed by atoms with Crippen LogP contribution in [0.2, 0.25) is 0 Å². The third-order valence-corrected chi connectivity index (χ3v) is 23.9. The van der Waals surface area contributed by atoms with E-state index >= 15 is 0 Å². The van der Waals surface area contributed by atoms with E-state index in [2.05, 4.69) is 364 Å². The maximum atomic E-state index is 2.80. The molecule has 5 heterocycles. The maximum absolute atomic E-state index is 2.80. The van der Waals surface area contributed by atoms with Gasteiger partial charge in [-0.3, -0.25) is 0 Å². The Hall–Kier alpha value is -10.2. The van der Waals surface area contributed by atoms with Gasteiger partial charge in [-0.15, -0.1) is 22.7 Å². The Bertz CT molecular complexity index is 5860. The molecule has 2 aliphatic heterocycles. The fourth-order valence-electron chi connectivity index (χ4n) is 16.4. The van der Waals surface area contributed by atoms with Crippen molar-refractivity contribution in [3.63, 3.8) is 0 Å². The minimum Gasteiger partial charge on any atom is -0.310 e. The zero-order valence-corrected chi connectivity index (χ0v) is 60.8. The summed E-state index contributed by atoms with van der Waals surface area (Å²) in [6.45, 7) is 27.9. The van der Waals surface area contributed by atoms with Gasteiger partial charge in [-0.05, 0) is 143 Å². The number of fused-ring (bicyclic) bond motifs is 14. The van der Waals surface area contributed by atoms with E-state index in [0.717, 1.165) is 17.1 Å². The molecule has 3 aromatic heterocycles. The molecule has 2 aliphatic rings. The zero-order valence-electron chi connectivity index (χ0n) is 59.1. The molecule has 0 amide bonds. The topological polar surface area (TPSA) is 11.4 Å². The maximum Gasteiger partial charge on any atom is 0.252 e. The van der Waals surface area contributed by atoms with Gasteiger partial charge in [0.25, 0.3) is 6.71 Å². The van der Waals surface area contributed by atoms with Crippen LogP contribution in [0.3, 0.4) is 0 Å². The van der Waals surface area contributed by atoms with Crippen molar-refractivity contribution in [2.45, 2.75) is 105 Å². The van der Waals surface area contributed by atoms with Gasteiger partial charge in [0, 0.05) is 91.4 Å². The molecule has 18 rings (SSSR count). The highest BCUT2D eigenvalue weighted by Crippen LogP contribution is 2.57. The van der Waals surface area contributed by atoms with Crippen LogP contribution in [-0.4, -0.2) is 11.3 Å². The summed E-state index contributed by atoms with van der Waals surface area (Å²) >= 11 is 3.86. The number of anilines is 6. The Balaban J connectivity index is 1.06. The minimum absolute atomic E-state index is 0.0962. The van der Waals surface area contributed by atoms with Crippen LogP contribution < -0.4 is 26.2 Å². The standard InChI is InChI=1S/C94H80BN3S2/c1-91(2,3)61-31-21-27-57(49-61)66-39-25-40-67(58-28-22-32-62(50-58)92(4,5)6)87(66)97-80-48-47-65(96-78-43-17-13-35-70(78)71-36-14-18-44-79(71)96)53-76(80)95-77-56-85-74(72-37-15-19-45-83(72)99-85)54-81(77)98(89-86(95)82(97)55-75-73-38-16-20-46-84(73)100-90(75)89)88-68(59-29-23-33-63(51-59)93(7,8)9)41-26-42-69(88)60-30-24-34-64(52-60)94(10,11)12/h13-56H,1-12H3. The second kappa shape index (κ2) is 22.6. The summed E-state index contributed by atoms with van der Waals surface area (Å²) in [5.41, 5.74) is 28.7. The summed E-state index contributed by atoms with van der Waals surface area (Å²) in [6, 6.07) is 104. The highest BCUT2D eigenvalue weighted by Gasteiger charge is 2.47. The molecule has 486 valence electrons. The van der Waals surface area contributed by atoms with Crippen molar-refractivity contribution >= 4 is 142 Å². The van der Waals surface area contributed by atoms with Crippen molar-refractivity contribution in [1.29, 1.82) is 0 Å². The molecule has 6 heteroatoms. The molecule has 16 aromatic rings. The fraction of sp³-hybridized carbons (Fsp3) is 0.170. The van der Waals surface area contributed by atoms with Crippen LogP contribution in [0.15, 0.2) is 267 Å². The van der Waals surface area contributed by atoms with Crippen LogP contribution in [0.4, 0.5) is 34.1 Å². The van der Waals surface area contributed by atoms with Crippen LogP contribution in [0.5, 0.6) is 0 Å². The molecule has 100 heavy (non-hydrogen) atoms. The average Bonchev–Trinajstić information content (AvgIpc) is 1.08. The summed E-state index contributed by atoms with van der Waals surface area (Å²) < 4.78 is 7.63. The van der Waals surface area contributed by atoms with Crippen LogP contribution >= 0.6 is 22.7 Å². The van der Waals surface area contributed by atoms with Crippen LogP contribution in [0.25, 0.3) is 112 Å². The van der Waals surface area contributed by atoms with Gasteiger partial charge in [-0.25, -0.2) is 0 Å². The van der Waals surface area contributed by atoms with Crippen molar-refractivity contribution < 1.29 is 0 Å². The largest absolute Gasteiger partial charge is 0.310 e. The quantitative estimate of drug-likeness (QED) is 0.147. The van der Waals surface area contributed by atoms with Crippen molar-refractivity contribution in [2.24, 2.45) is 0 Å². The lowest BCUT2D eigenvalue weighted by Gasteiger charge is -2.46. The summed E-state index contributed by atoms with van der Waals surface area (Å²) in [6.07, 6.45) is 0. The third kappa shape index (κ3) is 9.87. The number of aromatic nitrogens is 1. The Labute approximate surface area is 596 Å². The van der Waals surface area contributed by atoms with E-state index in [0.29, 0.717) is 0 Å². The lowest BCUT2D eigenvalue weighted by Crippen LogP contribution is -2.61. The molecule has 0 fully saturated rings. The number of hydrogen-bond donors (Lipinski definition) is 0. The molecule has 0 bridgehead atoms. The highest BCUT2D eigenvalue weighted by molar-refractivity contribution is 7.27. The second-order valence-electron chi connectivity index (χ2n) is 32.1. The van der Waals surface area contributed by atoms with Gasteiger partial charge in [0.05, 0.1) is 32.8 Å². The van der Waals surface area contributed by atoms with Gasteiger partial charge in [0.2, 0.25) is 0 Å². The number of para-hydroxylation sites is 4. The van der Waals surface area contributed by atoms with Gasteiger partial charge in [0.15, 0.2) is 0 Å². The van der Waals surface area contributed by atoms with Crippen molar-refractivity contribution in [1.82, 2.24) is 4.57 Å². The molecular formula is C94H80BN3S2. The predicted molar refractivity (Wildman–Crippen MR) is 437 cm³/mol. The van der Waals surface area contributed by atoms with E-state index in [-0.39, 0.29) is 28.4 Å². The summed E-state index contributed by atoms with van der Waals surface area (Å²) in [5.74, 6) is 0. The van der Waals surface area contributed by atoms with Crippen molar-refractivity contribution in [2.75, 3.05) is 9.80 Å². The molecule has 0 saturated carbocycles. The van der Waals surface area contributed by atoms with Gasteiger partial charge < -0.3 is 14.4 Å². The van der Waals surface area contributed by atoms with Crippen molar-refractivity contribution in [3.8, 4) is 50.2 Å². The molecule has 0 N–H and O–H groups in total. The van der Waals surface area contributed by atoms with Crippen LogP contribution in [0.1, 0.15) is 105 Å². The average molecular weight is 1330 g/mol. The highest BCUT2D eigenvalue weighted by atomic mass is 32.1. The van der Waals surface area contributed by atoms with Gasteiger partial charge in [-0.1, -0.05) is 289 Å². The minimum atomic E-state index is -0.243. The first-order valence-electron chi connectivity index (χ1n) is 35.5. The Morgan fingerprint density at radius 3 is 1.16 bits per heavy atom. The van der Waals surface area contributed by atoms with Crippen molar-refractivity contribution in [3.05, 3.63) is 289 Å². The fourth-order valence-corrected chi connectivity index (χ4v) is 18.7. The van der Waals surface area contributed by atoms with E-state index in [1.165, 1.54) is 168 Å². The smallest absolute Gasteiger partial charge is 0.252 e. The Morgan fingerprint density at radius 2 is 0.680 bits per heavy atom. The summed E-state index contributed by atoms with van der Waals surface area (Å²) in [4.78, 5) is 5.55. The van der Waals surface area contributed by atoms with E-state index < -0.39 is 0 Å². The Kier molecular flexibility index (Phi) is 14.1. The van der Waals surface area contributed by atoms with E-state index in [1.54, 1.807) is 0 Å². The van der Waals surface area contributed by atoms with Crippen LogP contribution in [-0.2, 0) is 21.7 Å². The Morgan fingerprint density at radius 1 is 0.280 bits per heavy atom. The molecular weight excluding hydrogens is 1250 g/mol. The lowest BCUT2D eigenvalue weighted by atomic mass is 9.33. The third-order valence-electron chi connectivity index (χ3n) is 21.6. The molecule has 0 aliphatic carbocycles. The molecule has 13 aromatic carbocycles. The van der Waals surface area contributed by atoms with Gasteiger partial charge in [-0.2, -0.15) is 0 Å². The molecule has 0 spiro atoms. The molecule has 0 unspecified atom stereocenters. The lowest BCUT2D eigenvalue weighted by molar-refractivity contribution is 0.590. The number of nitrogens with zero attached hydrogens (tertiary/aromatic N) is 3. The summed E-state index contributed by atoms with van der Waals surface area (Å²) in [5, 5.41) is 7.53. The van der Waals surface area contributed by atoms with Crippen LogP contribution in [0, 0.1) is 0 Å². The predicted octanol–water partition coefficient (Wildman–Crippen LogP) is 25.5. The van der Waals surface area contributed by atoms with E-state index in [1.807, 2.05) is 22.7 Å². The van der Waals surface area contributed by atoms with E-state index in [4.69, 9.17) is 0 Å². The molecule has 0 saturated heterocycles. The molecule has 0 radical (unpaired) electrons. The van der Waals surface area contributed by atoms with Gasteiger partial charge >= 0.3 is 0 Å². The normalized spacial score (nSPS) is 13.3. The van der Waals surface area contributed by atoms with Gasteiger partial charge in [0.1, 0.15) is 0 Å². The second-order valence-corrected chi connectivity index (χ2v) is 34.2. The number of rotatable bonds is 7. The number of thiophene rings is 2. The van der Waals surface area contributed by atoms with E-state index in [9.17, 15) is 0 Å². The SMILES string of the molecule is CC(C)(C)c1cccc(-c2cccc(-c3cccc(C(C)(C)C)c3)c2N2c3ccc(-n4c5ccccc5c5ccccc54)cc3B3c4cc5sc6ccccc6c5cc4N(c4c(-c5cccc(C(C)(C)C)c5)cccc4-c4cccc(C(C)(C)C)c4)c4c3c2cc2c4sc3ccccc32)c1. The zero-order chi connectivity index (χ0) is 68.5. The monoisotopic (exact) mass is 1330 g/mol. The first-order chi connectivity index (χ1) is 48.1. The number of benzene rings is 13. The summed E-state index contributed by atoms with van der Waals surface area (Å²) in [7, 11) is 0. The first kappa shape index (κ1) is 62.0. The number of hydrogen-bond acceptors (Lipinski definition) is 4. The molecule has 3 nitrogen and oxygen atoms in total. The first-order valence-corrected chi connectivity index (χ1v) is 37.1.